The molecule has 2 amide bonds. The number of methoxy groups -OCH3 is 2. The first-order chi connectivity index (χ1) is 15.4. The van der Waals surface area contributed by atoms with E-state index < -0.39 is 5.91 Å². The molecule has 1 aromatic heterocycles. The van der Waals surface area contributed by atoms with Gasteiger partial charge >= 0.3 is 0 Å². The molecule has 32 heavy (non-hydrogen) atoms. The maximum absolute atomic E-state index is 13.0. The number of hydrogen-bond donors (Lipinski definition) is 2. The Hall–Kier alpha value is -2.78. The monoisotopic (exact) mass is 461 g/mol. The van der Waals surface area contributed by atoms with Crippen LogP contribution in [0.25, 0.3) is 0 Å². The molecular formula is C23H31N3O5S. The molecule has 1 saturated heterocycles. The molecule has 1 fully saturated rings. The van der Waals surface area contributed by atoms with Crippen molar-refractivity contribution < 1.29 is 23.8 Å². The van der Waals surface area contributed by atoms with Gasteiger partial charge in [0.1, 0.15) is 0 Å². The number of likely N-dealkylation sites (tertiary alicyclic amines) is 1. The van der Waals surface area contributed by atoms with Gasteiger partial charge in [0.2, 0.25) is 5.75 Å². The SMILES string of the molecule is COc1cc(C(=O)NCC(c2cccs2)N2CCC(C)CC2)cc(OC)c1OCC(N)=O. The van der Waals surface area contributed by atoms with Crippen LogP contribution < -0.4 is 25.3 Å². The highest BCUT2D eigenvalue weighted by atomic mass is 32.1. The van der Waals surface area contributed by atoms with Crippen molar-refractivity contribution in [1.29, 1.82) is 0 Å². The summed E-state index contributed by atoms with van der Waals surface area (Å²) in [7, 11) is 2.91. The van der Waals surface area contributed by atoms with Crippen molar-refractivity contribution in [2.24, 2.45) is 11.7 Å². The lowest BCUT2D eigenvalue weighted by molar-refractivity contribution is -0.120. The molecule has 1 atom stereocenters. The molecule has 3 rings (SSSR count). The normalized spacial score (nSPS) is 15.7. The van der Waals surface area contributed by atoms with Crippen molar-refractivity contribution in [2.75, 3.05) is 40.5 Å². The van der Waals surface area contributed by atoms with Gasteiger partial charge in [-0.05, 0) is 55.4 Å². The average Bonchev–Trinajstić information content (AvgIpc) is 3.32. The standard InChI is InChI=1S/C23H31N3O5S/c1-15-6-8-26(9-7-15)17(20-5-4-10-32-20)13-25-23(28)16-11-18(29-2)22(19(12-16)30-3)31-14-21(24)27/h4-5,10-12,15,17H,6-9,13-14H2,1-3H3,(H2,24,27)(H,25,28). The molecule has 0 aliphatic carbocycles. The summed E-state index contributed by atoms with van der Waals surface area (Å²) >= 11 is 1.71. The van der Waals surface area contributed by atoms with Crippen LogP contribution in [0.1, 0.15) is 41.0 Å². The molecule has 1 aliphatic rings. The Bertz CT molecular complexity index is 885. The number of thiophene rings is 1. The molecule has 1 unspecified atom stereocenters. The van der Waals surface area contributed by atoms with Crippen molar-refractivity contribution >= 4 is 23.2 Å². The topological polar surface area (TPSA) is 103 Å². The Labute approximate surface area is 192 Å². The highest BCUT2D eigenvalue weighted by molar-refractivity contribution is 7.10. The van der Waals surface area contributed by atoms with Crippen molar-refractivity contribution in [3.05, 3.63) is 40.1 Å². The third kappa shape index (κ3) is 5.92. The van der Waals surface area contributed by atoms with Crippen molar-refractivity contribution in [2.45, 2.75) is 25.8 Å². The second-order valence-corrected chi connectivity index (χ2v) is 8.90. The number of carbonyl (C=O) groups is 2. The zero-order valence-electron chi connectivity index (χ0n) is 18.8. The minimum absolute atomic E-state index is 0.133. The molecule has 0 bridgehead atoms. The zero-order chi connectivity index (χ0) is 23.1. The number of benzene rings is 1. The molecule has 1 aromatic carbocycles. The Morgan fingerprint density at radius 3 is 2.41 bits per heavy atom. The Balaban J connectivity index is 1.75. The Kier molecular flexibility index (Phi) is 8.35. The maximum atomic E-state index is 13.0. The van der Waals surface area contributed by atoms with Crippen LogP contribution in [0.2, 0.25) is 0 Å². The lowest BCUT2D eigenvalue weighted by atomic mass is 9.97. The first-order valence-corrected chi connectivity index (χ1v) is 11.5. The van der Waals surface area contributed by atoms with E-state index in [1.54, 1.807) is 23.5 Å². The quantitative estimate of drug-likeness (QED) is 0.564. The van der Waals surface area contributed by atoms with Gasteiger partial charge in [-0.2, -0.15) is 0 Å². The molecule has 1 aliphatic heterocycles. The summed E-state index contributed by atoms with van der Waals surface area (Å²) < 4.78 is 16.1. The van der Waals surface area contributed by atoms with E-state index in [1.807, 2.05) is 6.07 Å². The van der Waals surface area contributed by atoms with E-state index >= 15 is 0 Å². The van der Waals surface area contributed by atoms with E-state index in [4.69, 9.17) is 19.9 Å². The lowest BCUT2D eigenvalue weighted by Crippen LogP contribution is -2.41. The average molecular weight is 462 g/mol. The molecule has 0 saturated carbocycles. The van der Waals surface area contributed by atoms with Crippen LogP contribution in [-0.4, -0.2) is 57.2 Å². The van der Waals surface area contributed by atoms with Crippen LogP contribution in [0.5, 0.6) is 17.2 Å². The molecule has 0 spiro atoms. The Morgan fingerprint density at radius 2 is 1.88 bits per heavy atom. The number of rotatable bonds is 10. The molecule has 9 heteroatoms. The van der Waals surface area contributed by atoms with Gasteiger partial charge in [-0.15, -0.1) is 11.3 Å². The smallest absolute Gasteiger partial charge is 0.255 e. The zero-order valence-corrected chi connectivity index (χ0v) is 19.6. The van der Waals surface area contributed by atoms with Crippen LogP contribution in [0.4, 0.5) is 0 Å². The van der Waals surface area contributed by atoms with Gasteiger partial charge in [0.25, 0.3) is 11.8 Å². The summed E-state index contributed by atoms with van der Waals surface area (Å²) in [6.45, 7) is 4.50. The van der Waals surface area contributed by atoms with Crippen LogP contribution >= 0.6 is 11.3 Å². The summed E-state index contributed by atoms with van der Waals surface area (Å²) in [6.07, 6.45) is 2.33. The highest BCUT2D eigenvalue weighted by Gasteiger charge is 2.26. The van der Waals surface area contributed by atoms with E-state index in [2.05, 4.69) is 28.6 Å². The van der Waals surface area contributed by atoms with Gasteiger partial charge in [-0.25, -0.2) is 0 Å². The molecule has 2 aromatic rings. The molecule has 8 nitrogen and oxygen atoms in total. The van der Waals surface area contributed by atoms with Crippen molar-refractivity contribution in [3.8, 4) is 17.2 Å². The lowest BCUT2D eigenvalue weighted by Gasteiger charge is -2.36. The third-order valence-electron chi connectivity index (χ3n) is 5.67. The number of hydrogen-bond acceptors (Lipinski definition) is 7. The number of ether oxygens (including phenoxy) is 3. The van der Waals surface area contributed by atoms with Crippen LogP contribution in [0, 0.1) is 5.92 Å². The van der Waals surface area contributed by atoms with E-state index in [1.165, 1.54) is 19.1 Å². The fourth-order valence-electron chi connectivity index (χ4n) is 3.82. The van der Waals surface area contributed by atoms with Gasteiger partial charge in [0, 0.05) is 17.0 Å². The predicted octanol–water partition coefficient (Wildman–Crippen LogP) is 2.83. The second-order valence-electron chi connectivity index (χ2n) is 7.92. The number of nitrogens with one attached hydrogen (secondary N) is 1. The molecule has 0 radical (unpaired) electrons. The highest BCUT2D eigenvalue weighted by Crippen LogP contribution is 2.38. The van der Waals surface area contributed by atoms with E-state index in [0.717, 1.165) is 31.8 Å². The summed E-state index contributed by atoms with van der Waals surface area (Å²) in [5.41, 5.74) is 5.54. The van der Waals surface area contributed by atoms with Crippen molar-refractivity contribution in [1.82, 2.24) is 10.2 Å². The number of carbonyl (C=O) groups excluding carboxylic acids is 2. The third-order valence-corrected chi connectivity index (χ3v) is 6.64. The maximum Gasteiger partial charge on any atom is 0.255 e. The van der Waals surface area contributed by atoms with Gasteiger partial charge in [-0.1, -0.05) is 13.0 Å². The first-order valence-electron chi connectivity index (χ1n) is 10.7. The summed E-state index contributed by atoms with van der Waals surface area (Å²) in [5.74, 6) is 0.674. The first kappa shape index (κ1) is 23.9. The van der Waals surface area contributed by atoms with E-state index in [0.29, 0.717) is 12.1 Å². The van der Waals surface area contributed by atoms with E-state index in [9.17, 15) is 9.59 Å². The fourth-order valence-corrected chi connectivity index (χ4v) is 4.68. The fraction of sp³-hybridized carbons (Fsp3) is 0.478. The summed E-state index contributed by atoms with van der Waals surface area (Å²) in [6, 6.07) is 7.43. The van der Waals surface area contributed by atoms with Crippen LogP contribution in [0.15, 0.2) is 29.6 Å². The second kappa shape index (κ2) is 11.2. The molecular weight excluding hydrogens is 430 g/mol. The number of nitrogens with zero attached hydrogens (tertiary/aromatic N) is 1. The number of primary amides is 1. The summed E-state index contributed by atoms with van der Waals surface area (Å²) in [4.78, 5) is 27.8. The molecule has 174 valence electrons. The predicted molar refractivity (Wildman–Crippen MR) is 124 cm³/mol. The molecule has 2 heterocycles. The van der Waals surface area contributed by atoms with E-state index in [-0.39, 0.29) is 35.8 Å². The minimum atomic E-state index is -0.623. The number of amides is 2. The number of piperidine rings is 1. The van der Waals surface area contributed by atoms with Crippen LogP contribution in [0.3, 0.4) is 0 Å². The summed E-state index contributed by atoms with van der Waals surface area (Å²) in [5, 5.41) is 5.13. The minimum Gasteiger partial charge on any atom is -0.493 e. The number of nitrogens with two attached hydrogens (primary N) is 1. The van der Waals surface area contributed by atoms with Gasteiger partial charge in [0.05, 0.1) is 20.3 Å². The van der Waals surface area contributed by atoms with Crippen molar-refractivity contribution in [3.63, 3.8) is 0 Å². The Morgan fingerprint density at radius 1 is 1.22 bits per heavy atom. The molecule has 3 N–H and O–H groups in total. The van der Waals surface area contributed by atoms with Crippen LogP contribution in [-0.2, 0) is 4.79 Å². The van der Waals surface area contributed by atoms with Gasteiger partial charge < -0.3 is 25.3 Å². The van der Waals surface area contributed by atoms with Gasteiger partial charge in [-0.3, -0.25) is 14.5 Å². The van der Waals surface area contributed by atoms with Gasteiger partial charge in [0.15, 0.2) is 18.1 Å². The largest absolute Gasteiger partial charge is 0.493 e.